The van der Waals surface area contributed by atoms with Crippen LogP contribution in [0, 0.1) is 11.3 Å². The maximum Gasteiger partial charge on any atom is 0.409 e. The molecule has 0 atom stereocenters. The molecule has 2 N–H and O–H groups in total. The molecule has 0 aromatic rings. The summed E-state index contributed by atoms with van der Waals surface area (Å²) in [5, 5.41) is 0. The summed E-state index contributed by atoms with van der Waals surface area (Å²) in [6, 6.07) is 0. The molecule has 0 aromatic heterocycles. The van der Waals surface area contributed by atoms with Crippen molar-refractivity contribution in [3.8, 4) is 0 Å². The van der Waals surface area contributed by atoms with Gasteiger partial charge in [0.05, 0.1) is 11.6 Å². The smallest absolute Gasteiger partial charge is 0.409 e. The largest absolute Gasteiger partial charge is 0.449 e. The number of hydrogen-bond acceptors (Lipinski definition) is 3. The van der Waals surface area contributed by atoms with Crippen molar-refractivity contribution in [2.24, 2.45) is 17.1 Å². The Hall–Kier alpha value is -0.840. The number of ether oxygens (including phenoxy) is 1. The van der Waals surface area contributed by atoms with Crippen molar-refractivity contribution >= 4 is 23.3 Å². The van der Waals surface area contributed by atoms with Crippen molar-refractivity contribution in [1.29, 1.82) is 0 Å². The third kappa shape index (κ3) is 3.84. The third-order valence-corrected chi connectivity index (χ3v) is 3.75. The summed E-state index contributed by atoms with van der Waals surface area (Å²) in [7, 11) is 0. The van der Waals surface area contributed by atoms with Crippen molar-refractivity contribution in [2.45, 2.75) is 33.6 Å². The predicted octanol–water partition coefficient (Wildman–Crippen LogP) is 2.17. The summed E-state index contributed by atoms with van der Waals surface area (Å²) in [5.41, 5.74) is 5.61. The number of thiocarbonyl (C=S) groups is 1. The summed E-state index contributed by atoms with van der Waals surface area (Å²) in [6.07, 6.45) is 1.42. The fraction of sp³-hybridized carbons (Fsp3) is 0.833. The number of likely N-dealkylation sites (tertiary alicyclic amines) is 1. The van der Waals surface area contributed by atoms with Gasteiger partial charge < -0.3 is 15.4 Å². The average Bonchev–Trinajstić information content (AvgIpc) is 2.26. The van der Waals surface area contributed by atoms with Gasteiger partial charge in [0.15, 0.2) is 0 Å². The van der Waals surface area contributed by atoms with Crippen LogP contribution in [0.3, 0.4) is 0 Å². The van der Waals surface area contributed by atoms with Crippen LogP contribution in [0.5, 0.6) is 0 Å². The lowest BCUT2D eigenvalue weighted by atomic mass is 9.80. The van der Waals surface area contributed by atoms with Crippen molar-refractivity contribution < 1.29 is 9.53 Å². The number of hydrogen-bond donors (Lipinski definition) is 1. The predicted molar refractivity (Wildman–Crippen MR) is 71.9 cm³/mol. The number of piperidine rings is 1. The van der Waals surface area contributed by atoms with Gasteiger partial charge in [-0.2, -0.15) is 0 Å². The monoisotopic (exact) mass is 258 g/mol. The fourth-order valence-electron chi connectivity index (χ4n) is 1.76. The van der Waals surface area contributed by atoms with Gasteiger partial charge in [0, 0.05) is 18.5 Å². The highest BCUT2D eigenvalue weighted by atomic mass is 32.1. The van der Waals surface area contributed by atoms with Crippen LogP contribution >= 0.6 is 12.2 Å². The first kappa shape index (κ1) is 14.2. The van der Waals surface area contributed by atoms with Gasteiger partial charge in [-0.1, -0.05) is 33.0 Å². The Kier molecular flexibility index (Phi) is 4.74. The fourth-order valence-corrected chi connectivity index (χ4v) is 1.96. The van der Waals surface area contributed by atoms with E-state index in [9.17, 15) is 4.79 Å². The first-order valence-corrected chi connectivity index (χ1v) is 6.47. The average molecular weight is 258 g/mol. The second-order valence-corrected chi connectivity index (χ2v) is 5.82. The van der Waals surface area contributed by atoms with Crippen molar-refractivity contribution in [1.82, 2.24) is 4.90 Å². The van der Waals surface area contributed by atoms with Gasteiger partial charge in [-0.25, -0.2) is 4.79 Å². The molecule has 0 aromatic carbocycles. The molecule has 1 fully saturated rings. The molecule has 17 heavy (non-hydrogen) atoms. The zero-order valence-corrected chi connectivity index (χ0v) is 11.7. The molecule has 1 saturated heterocycles. The third-order valence-electron chi connectivity index (χ3n) is 3.26. The summed E-state index contributed by atoms with van der Waals surface area (Å²) < 4.78 is 5.19. The summed E-state index contributed by atoms with van der Waals surface area (Å²) in [6.45, 7) is 7.92. The molecule has 1 aliphatic heterocycles. The molecule has 1 heterocycles. The number of carbonyl (C=O) groups excluding carboxylic acids is 1. The van der Waals surface area contributed by atoms with Gasteiger partial charge in [0.1, 0.15) is 0 Å². The van der Waals surface area contributed by atoms with E-state index in [1.165, 1.54) is 0 Å². The molecule has 0 spiro atoms. The van der Waals surface area contributed by atoms with Crippen LogP contribution in [-0.2, 0) is 4.74 Å². The minimum absolute atomic E-state index is 0.107. The number of nitrogens with two attached hydrogens (primary N) is 1. The Labute approximate surface area is 108 Å². The molecule has 0 bridgehead atoms. The zero-order chi connectivity index (χ0) is 13.1. The second kappa shape index (κ2) is 5.67. The maximum absolute atomic E-state index is 11.7. The molecule has 5 heteroatoms. The van der Waals surface area contributed by atoms with Crippen LogP contribution < -0.4 is 5.73 Å². The van der Waals surface area contributed by atoms with Crippen LogP contribution in [-0.4, -0.2) is 35.7 Å². The minimum atomic E-state index is -0.219. The van der Waals surface area contributed by atoms with E-state index in [2.05, 4.69) is 6.92 Å². The molecule has 98 valence electrons. The standard InChI is InChI=1S/C12H22N2O2S/c1-9(2)8-16-11(15)14-6-4-12(3,5-7-14)10(13)17/h9H,4-8H2,1-3H3,(H2,13,17). The highest BCUT2D eigenvalue weighted by molar-refractivity contribution is 7.80. The molecule has 1 rings (SSSR count). The van der Waals surface area contributed by atoms with E-state index in [1.807, 2.05) is 13.8 Å². The summed E-state index contributed by atoms with van der Waals surface area (Å²) in [4.78, 5) is 14.0. The zero-order valence-electron chi connectivity index (χ0n) is 10.9. The van der Waals surface area contributed by atoms with E-state index in [-0.39, 0.29) is 11.5 Å². The van der Waals surface area contributed by atoms with Gasteiger partial charge in [-0.15, -0.1) is 0 Å². The van der Waals surface area contributed by atoms with Crippen LogP contribution in [0.2, 0.25) is 0 Å². The number of amides is 1. The van der Waals surface area contributed by atoms with Crippen molar-refractivity contribution in [2.75, 3.05) is 19.7 Å². The van der Waals surface area contributed by atoms with Gasteiger partial charge in [-0.05, 0) is 18.8 Å². The van der Waals surface area contributed by atoms with E-state index in [0.717, 1.165) is 12.8 Å². The lowest BCUT2D eigenvalue weighted by Crippen LogP contribution is -2.47. The lowest BCUT2D eigenvalue weighted by Gasteiger charge is -2.38. The first-order chi connectivity index (χ1) is 7.85. The number of rotatable bonds is 3. The SMILES string of the molecule is CC(C)COC(=O)N1CCC(C)(C(N)=S)CC1. The van der Waals surface area contributed by atoms with Crippen molar-refractivity contribution in [3.05, 3.63) is 0 Å². The van der Waals surface area contributed by atoms with E-state index in [4.69, 9.17) is 22.7 Å². The van der Waals surface area contributed by atoms with Gasteiger partial charge in [-0.3, -0.25) is 0 Å². The molecular formula is C12H22N2O2S. The topological polar surface area (TPSA) is 55.6 Å². The highest BCUT2D eigenvalue weighted by Gasteiger charge is 2.34. The lowest BCUT2D eigenvalue weighted by molar-refractivity contribution is 0.0752. The van der Waals surface area contributed by atoms with Gasteiger partial charge in [0.25, 0.3) is 0 Å². The van der Waals surface area contributed by atoms with Crippen LogP contribution in [0.4, 0.5) is 4.79 Å². The van der Waals surface area contributed by atoms with Gasteiger partial charge >= 0.3 is 6.09 Å². The van der Waals surface area contributed by atoms with E-state index in [0.29, 0.717) is 30.6 Å². The van der Waals surface area contributed by atoms with Crippen LogP contribution in [0.1, 0.15) is 33.6 Å². The quantitative estimate of drug-likeness (QED) is 0.788. The molecule has 0 aliphatic carbocycles. The van der Waals surface area contributed by atoms with Crippen LogP contribution in [0.25, 0.3) is 0 Å². The first-order valence-electron chi connectivity index (χ1n) is 6.07. The molecular weight excluding hydrogens is 236 g/mol. The Balaban J connectivity index is 2.41. The Bertz CT molecular complexity index is 297. The minimum Gasteiger partial charge on any atom is -0.449 e. The van der Waals surface area contributed by atoms with E-state index in [1.54, 1.807) is 4.90 Å². The molecule has 1 amide bonds. The Morgan fingerprint density at radius 3 is 2.41 bits per heavy atom. The Morgan fingerprint density at radius 2 is 2.00 bits per heavy atom. The number of nitrogens with zero attached hydrogens (tertiary/aromatic N) is 1. The molecule has 1 aliphatic rings. The number of carbonyl (C=O) groups is 1. The molecule has 0 saturated carbocycles. The van der Waals surface area contributed by atoms with E-state index >= 15 is 0 Å². The van der Waals surface area contributed by atoms with Gasteiger partial charge in [0.2, 0.25) is 0 Å². The van der Waals surface area contributed by atoms with Crippen LogP contribution in [0.15, 0.2) is 0 Å². The highest BCUT2D eigenvalue weighted by Crippen LogP contribution is 2.31. The van der Waals surface area contributed by atoms with E-state index < -0.39 is 0 Å². The normalized spacial score (nSPS) is 19.2. The van der Waals surface area contributed by atoms with Crippen molar-refractivity contribution in [3.63, 3.8) is 0 Å². The second-order valence-electron chi connectivity index (χ2n) is 5.38. The molecule has 0 unspecified atom stereocenters. The Morgan fingerprint density at radius 1 is 1.47 bits per heavy atom. The molecule has 0 radical (unpaired) electrons. The maximum atomic E-state index is 11.7. The molecule has 4 nitrogen and oxygen atoms in total. The summed E-state index contributed by atoms with van der Waals surface area (Å²) in [5.74, 6) is 0.366. The summed E-state index contributed by atoms with van der Waals surface area (Å²) >= 11 is 5.06.